The molecule has 0 bridgehead atoms. The average Bonchev–Trinajstić information content (AvgIpc) is 2.99. The minimum absolute atomic E-state index is 0.0634. The van der Waals surface area contributed by atoms with E-state index >= 15 is 0 Å². The quantitative estimate of drug-likeness (QED) is 0.280. The maximum Gasteiger partial charge on any atom is 0.217 e. The molecule has 144 valence electrons. The normalized spacial score (nSPS) is 20.2. The van der Waals surface area contributed by atoms with Crippen molar-refractivity contribution in [1.29, 1.82) is 0 Å². The fraction of sp³-hybridized carbons (Fsp3) is 0.810. The van der Waals surface area contributed by atoms with Crippen LogP contribution in [0.15, 0.2) is 17.1 Å². The lowest BCUT2D eigenvalue weighted by molar-refractivity contribution is -0.833. The van der Waals surface area contributed by atoms with Crippen LogP contribution >= 0.6 is 0 Å². The number of quaternary nitrogens is 1. The van der Waals surface area contributed by atoms with E-state index in [4.69, 9.17) is 4.99 Å². The van der Waals surface area contributed by atoms with Gasteiger partial charge in [0.2, 0.25) is 5.91 Å². The zero-order valence-electron chi connectivity index (χ0n) is 16.9. The van der Waals surface area contributed by atoms with Gasteiger partial charge in [-0.15, -0.1) is 0 Å². The van der Waals surface area contributed by atoms with Gasteiger partial charge in [0.25, 0.3) is 0 Å². The van der Waals surface area contributed by atoms with Crippen molar-refractivity contribution in [1.82, 2.24) is 5.32 Å². The number of amides is 1. The number of nitrogens with zero attached hydrogens (tertiary/aromatic N) is 2. The zero-order chi connectivity index (χ0) is 18.4. The Kier molecular flexibility index (Phi) is 11.5. The van der Waals surface area contributed by atoms with E-state index in [0.717, 1.165) is 43.6 Å². The molecule has 1 aliphatic rings. The molecule has 1 atom stereocenters. The number of carbonyl (C=O) groups is 1. The van der Waals surface area contributed by atoms with Crippen LogP contribution in [0.1, 0.15) is 78.6 Å². The highest BCUT2D eigenvalue weighted by molar-refractivity contribution is 5.77. The largest absolute Gasteiger partial charge is 0.351 e. The predicted molar refractivity (Wildman–Crippen MR) is 108 cm³/mol. The molecule has 1 amide bonds. The van der Waals surface area contributed by atoms with Gasteiger partial charge >= 0.3 is 0 Å². The summed E-state index contributed by atoms with van der Waals surface area (Å²) in [6, 6.07) is 0. The first-order valence-corrected chi connectivity index (χ1v) is 10.4. The maximum atomic E-state index is 11.1. The Morgan fingerprint density at radius 1 is 1.12 bits per heavy atom. The van der Waals surface area contributed by atoms with Gasteiger partial charge in [0.05, 0.1) is 19.6 Å². The van der Waals surface area contributed by atoms with Crippen molar-refractivity contribution in [3.05, 3.63) is 12.2 Å². The summed E-state index contributed by atoms with van der Waals surface area (Å²) in [5.74, 6) is 1.42. The number of rotatable bonds is 14. The van der Waals surface area contributed by atoms with Gasteiger partial charge in [-0.2, -0.15) is 0 Å². The standard InChI is InChI=1S/C21H39N3O/c1-4-6-7-8-9-10-11-12-13-14-15-21-23-17-19-24(21,5-2)18-16-22-20(3)25/h10-11H,4-9,12-19H2,1-3H3/p+1/b11-10+. The summed E-state index contributed by atoms with van der Waals surface area (Å²) >= 11 is 0. The van der Waals surface area contributed by atoms with Crippen molar-refractivity contribution in [2.75, 3.05) is 32.7 Å². The number of allylic oxidation sites excluding steroid dienone is 2. The number of likely N-dealkylation sites (N-methyl/N-ethyl adjacent to an activating group) is 1. The van der Waals surface area contributed by atoms with Crippen LogP contribution in [0.25, 0.3) is 0 Å². The van der Waals surface area contributed by atoms with Gasteiger partial charge in [-0.25, -0.2) is 4.99 Å². The Morgan fingerprint density at radius 2 is 1.84 bits per heavy atom. The first kappa shape index (κ1) is 21.9. The van der Waals surface area contributed by atoms with Gasteiger partial charge in [0.15, 0.2) is 5.84 Å². The summed E-state index contributed by atoms with van der Waals surface area (Å²) in [4.78, 5) is 15.9. The molecule has 0 aliphatic carbocycles. The summed E-state index contributed by atoms with van der Waals surface area (Å²) < 4.78 is 0.980. The number of unbranched alkanes of at least 4 members (excludes halogenated alkanes) is 6. The predicted octanol–water partition coefficient (Wildman–Crippen LogP) is 4.46. The Labute approximate surface area is 155 Å². The van der Waals surface area contributed by atoms with E-state index in [2.05, 4.69) is 31.3 Å². The molecule has 0 saturated carbocycles. The van der Waals surface area contributed by atoms with Crippen LogP contribution in [-0.4, -0.2) is 48.9 Å². The SMILES string of the molecule is CCCCCC/C=C/CCCCC1=NCC[N+]1(CC)CCNC(C)=O. The van der Waals surface area contributed by atoms with Gasteiger partial charge in [-0.3, -0.25) is 9.28 Å². The van der Waals surface area contributed by atoms with E-state index in [9.17, 15) is 4.79 Å². The highest BCUT2D eigenvalue weighted by Gasteiger charge is 2.35. The van der Waals surface area contributed by atoms with Crippen molar-refractivity contribution in [3.63, 3.8) is 0 Å². The number of hydrogen-bond donors (Lipinski definition) is 1. The fourth-order valence-corrected chi connectivity index (χ4v) is 3.62. The molecule has 0 aromatic carbocycles. The lowest BCUT2D eigenvalue weighted by atomic mass is 10.1. The van der Waals surface area contributed by atoms with Crippen molar-refractivity contribution in [2.45, 2.75) is 78.6 Å². The maximum absolute atomic E-state index is 11.1. The lowest BCUT2D eigenvalue weighted by Gasteiger charge is -2.33. The third-order valence-corrected chi connectivity index (χ3v) is 5.30. The summed E-state index contributed by atoms with van der Waals surface area (Å²) in [7, 11) is 0. The van der Waals surface area contributed by atoms with E-state index in [1.165, 1.54) is 57.2 Å². The van der Waals surface area contributed by atoms with Crippen LogP contribution in [-0.2, 0) is 4.79 Å². The number of carbonyl (C=O) groups excluding carboxylic acids is 1. The second kappa shape index (κ2) is 13.1. The molecule has 0 fully saturated rings. The molecule has 0 radical (unpaired) electrons. The molecule has 1 N–H and O–H groups in total. The number of hydrogen-bond acceptors (Lipinski definition) is 2. The lowest BCUT2D eigenvalue weighted by Crippen LogP contribution is -2.54. The molecule has 4 nitrogen and oxygen atoms in total. The molecule has 0 aromatic rings. The second-order valence-electron chi connectivity index (χ2n) is 7.26. The molecular weight excluding hydrogens is 310 g/mol. The molecule has 0 aromatic heterocycles. The second-order valence-corrected chi connectivity index (χ2v) is 7.26. The Bertz CT molecular complexity index is 431. The molecule has 1 rings (SSSR count). The summed E-state index contributed by atoms with van der Waals surface area (Å²) in [6.07, 6.45) is 16.1. The Hall–Kier alpha value is -1.16. The molecule has 4 heteroatoms. The Morgan fingerprint density at radius 3 is 2.48 bits per heavy atom. The van der Waals surface area contributed by atoms with Gasteiger partial charge < -0.3 is 5.32 Å². The van der Waals surface area contributed by atoms with E-state index in [-0.39, 0.29) is 5.91 Å². The van der Waals surface area contributed by atoms with Gasteiger partial charge in [-0.1, -0.05) is 38.3 Å². The molecule has 1 heterocycles. The van der Waals surface area contributed by atoms with Crippen LogP contribution < -0.4 is 5.32 Å². The third-order valence-electron chi connectivity index (χ3n) is 5.30. The summed E-state index contributed by atoms with van der Waals surface area (Å²) in [5.41, 5.74) is 0. The Balaban J connectivity index is 2.21. The average molecular weight is 351 g/mol. The van der Waals surface area contributed by atoms with Gasteiger partial charge in [0.1, 0.15) is 13.1 Å². The van der Waals surface area contributed by atoms with Crippen LogP contribution in [0.4, 0.5) is 0 Å². The van der Waals surface area contributed by atoms with Crippen molar-refractivity contribution in [2.24, 2.45) is 4.99 Å². The minimum atomic E-state index is 0.0634. The highest BCUT2D eigenvalue weighted by atomic mass is 16.1. The molecule has 0 spiro atoms. The molecule has 0 saturated heterocycles. The molecule has 25 heavy (non-hydrogen) atoms. The molecule has 1 aliphatic heterocycles. The van der Waals surface area contributed by atoms with E-state index in [1.807, 2.05) is 0 Å². The fourth-order valence-electron chi connectivity index (χ4n) is 3.62. The van der Waals surface area contributed by atoms with E-state index in [1.54, 1.807) is 6.92 Å². The van der Waals surface area contributed by atoms with Gasteiger partial charge in [-0.05, 0) is 39.0 Å². The number of amidine groups is 1. The van der Waals surface area contributed by atoms with Gasteiger partial charge in [0, 0.05) is 13.3 Å². The van der Waals surface area contributed by atoms with E-state index in [0.29, 0.717) is 0 Å². The zero-order valence-corrected chi connectivity index (χ0v) is 16.9. The van der Waals surface area contributed by atoms with Crippen molar-refractivity contribution in [3.8, 4) is 0 Å². The van der Waals surface area contributed by atoms with Crippen molar-refractivity contribution >= 4 is 11.7 Å². The number of nitrogens with one attached hydrogen (secondary N) is 1. The van der Waals surface area contributed by atoms with Crippen molar-refractivity contribution < 1.29 is 9.28 Å². The summed E-state index contributed by atoms with van der Waals surface area (Å²) in [6.45, 7) is 11.0. The van der Waals surface area contributed by atoms with E-state index < -0.39 is 0 Å². The number of aliphatic imine (C=N–C) groups is 1. The van der Waals surface area contributed by atoms with Crippen LogP contribution in [0.3, 0.4) is 0 Å². The topological polar surface area (TPSA) is 41.5 Å². The van der Waals surface area contributed by atoms with Crippen LogP contribution in [0.5, 0.6) is 0 Å². The van der Waals surface area contributed by atoms with Crippen LogP contribution in [0, 0.1) is 0 Å². The first-order valence-electron chi connectivity index (χ1n) is 10.4. The third kappa shape index (κ3) is 8.66. The van der Waals surface area contributed by atoms with Crippen LogP contribution in [0.2, 0.25) is 0 Å². The molecule has 1 unspecified atom stereocenters. The smallest absolute Gasteiger partial charge is 0.217 e. The highest BCUT2D eigenvalue weighted by Crippen LogP contribution is 2.19. The minimum Gasteiger partial charge on any atom is -0.351 e. The monoisotopic (exact) mass is 350 g/mol. The first-order chi connectivity index (χ1) is 12.1. The summed E-state index contributed by atoms with van der Waals surface area (Å²) in [5, 5.41) is 2.94. The molecular formula is C21H40N3O+.